The highest BCUT2D eigenvalue weighted by Gasteiger charge is 2.34. The van der Waals surface area contributed by atoms with Crippen LogP contribution in [-0.2, 0) is 31.8 Å². The Labute approximate surface area is 316 Å². The van der Waals surface area contributed by atoms with Crippen LogP contribution in [0.25, 0.3) is 22.5 Å². The second kappa shape index (κ2) is 19.9. The van der Waals surface area contributed by atoms with Gasteiger partial charge in [-0.25, -0.2) is 19.9 Å². The van der Waals surface area contributed by atoms with Crippen molar-refractivity contribution in [2.75, 3.05) is 39.9 Å². The Morgan fingerprint density at radius 1 is 0.778 bits per heavy atom. The lowest BCUT2D eigenvalue weighted by Gasteiger charge is -2.21. The molecule has 0 bridgehead atoms. The lowest BCUT2D eigenvalue weighted by molar-refractivity contribution is -0.779. The molecule has 5 N–H and O–H groups in total. The van der Waals surface area contributed by atoms with E-state index >= 15 is 0 Å². The fraction of sp³-hybridized carbons (Fsp3) is 0.579. The quantitative estimate of drug-likeness (QED) is 0.103. The molecule has 2 aliphatic carbocycles. The zero-order valence-electron chi connectivity index (χ0n) is 31.7. The van der Waals surface area contributed by atoms with Crippen LogP contribution in [0.15, 0.2) is 37.4 Å². The van der Waals surface area contributed by atoms with E-state index in [1.54, 1.807) is 34.6 Å². The number of anilines is 2. The molecule has 0 amide bonds. The normalized spacial score (nSPS) is 15.9. The second-order valence-corrected chi connectivity index (χ2v) is 13.8. The van der Waals surface area contributed by atoms with Gasteiger partial charge in [0.2, 0.25) is 6.20 Å². The first-order valence-corrected chi connectivity index (χ1v) is 18.5. The summed E-state index contributed by atoms with van der Waals surface area (Å²) in [6.45, 7) is 0. The van der Waals surface area contributed by atoms with Crippen LogP contribution >= 0.6 is 0 Å². The number of methoxy groups -OCH3 is 4. The molecule has 0 radical (unpaired) electrons. The predicted octanol–water partition coefficient (Wildman–Crippen LogP) is 4.88. The summed E-state index contributed by atoms with van der Waals surface area (Å²) in [4.78, 5) is 17.1. The Bertz CT molecular complexity index is 1710. The topological polar surface area (TPSA) is 226 Å². The molecule has 0 aromatic carbocycles. The number of hydrogen-bond acceptors (Lipinski definition) is 13. The van der Waals surface area contributed by atoms with Crippen LogP contribution in [-0.4, -0.2) is 75.8 Å². The second-order valence-electron chi connectivity index (χ2n) is 13.8. The minimum atomic E-state index is -0.433. The van der Waals surface area contributed by atoms with Crippen molar-refractivity contribution in [3.8, 4) is 34.7 Å². The zero-order valence-corrected chi connectivity index (χ0v) is 31.7. The van der Waals surface area contributed by atoms with Crippen molar-refractivity contribution in [2.24, 2.45) is 11.8 Å². The number of aromatic nitrogens is 8. The van der Waals surface area contributed by atoms with Crippen molar-refractivity contribution in [3.63, 3.8) is 0 Å². The van der Waals surface area contributed by atoms with Crippen LogP contribution < -0.4 is 16.1 Å². The van der Waals surface area contributed by atoms with Crippen molar-refractivity contribution in [2.45, 2.75) is 102 Å². The average molecular weight is 742 g/mol. The van der Waals surface area contributed by atoms with E-state index in [4.69, 9.17) is 30.4 Å². The SMILES string of the molecule is COC(Cc1c(N)ncnc1-c1c[nH][n+]([C@H](CC#N)C2CCCC2)c1)OC.COC(Cc1c(N)ncnc1-c1cnn([C@H](CC#N)C2CCCC2)c1)OC. The summed E-state index contributed by atoms with van der Waals surface area (Å²) in [5.41, 5.74) is 17.0. The molecule has 0 saturated heterocycles. The standard InChI is InChI=1S/2C19H26N6O2/c2*1-26-17(27-2)9-15-18(22-12-23-19(15)21)14-10-24-25(11-14)16(7-8-20)13-5-3-4-6-13/h2*10-13,16-17H,3-7,9H2,1-2H3,(H2,21,22,23)/p+1/t2*16-/m11/s1. The molecule has 2 atom stereocenters. The van der Waals surface area contributed by atoms with Gasteiger partial charge < -0.3 is 30.4 Å². The zero-order chi connectivity index (χ0) is 38.5. The number of nitrogen functional groups attached to an aromatic ring is 2. The molecule has 0 aliphatic heterocycles. The molecular formula is C38H53N12O4+. The molecule has 0 unspecified atom stereocenters. The van der Waals surface area contributed by atoms with Crippen LogP contribution in [0, 0.1) is 34.5 Å². The molecule has 0 spiro atoms. The highest BCUT2D eigenvalue weighted by atomic mass is 16.7. The molecule has 2 saturated carbocycles. The molecular weight excluding hydrogens is 688 g/mol. The number of H-pyrrole nitrogens is 1. The van der Waals surface area contributed by atoms with Gasteiger partial charge in [-0.1, -0.05) is 25.7 Å². The van der Waals surface area contributed by atoms with Gasteiger partial charge in [0, 0.05) is 70.1 Å². The fourth-order valence-electron chi connectivity index (χ4n) is 7.78. The van der Waals surface area contributed by atoms with Gasteiger partial charge in [-0.2, -0.15) is 20.7 Å². The van der Waals surface area contributed by atoms with Gasteiger partial charge in [0.25, 0.3) is 0 Å². The number of nitrogens with zero attached hydrogens (tertiary/aromatic N) is 9. The highest BCUT2D eigenvalue weighted by Crippen LogP contribution is 2.37. The van der Waals surface area contributed by atoms with Gasteiger partial charge in [-0.15, -0.1) is 4.68 Å². The van der Waals surface area contributed by atoms with Gasteiger partial charge in [0.15, 0.2) is 18.6 Å². The van der Waals surface area contributed by atoms with Gasteiger partial charge >= 0.3 is 0 Å². The smallest absolute Gasteiger partial charge is 0.205 e. The number of nitrogens with two attached hydrogens (primary N) is 2. The average Bonchev–Trinajstić information content (AvgIpc) is 4.04. The first-order valence-electron chi connectivity index (χ1n) is 18.5. The minimum Gasteiger partial charge on any atom is -0.383 e. The van der Waals surface area contributed by atoms with Crippen molar-refractivity contribution in [1.82, 2.24) is 34.8 Å². The monoisotopic (exact) mass is 741 g/mol. The maximum Gasteiger partial charge on any atom is 0.205 e. The summed E-state index contributed by atoms with van der Waals surface area (Å²) in [7, 11) is 6.35. The maximum atomic E-state index is 9.27. The Balaban J connectivity index is 0.000000208. The van der Waals surface area contributed by atoms with E-state index in [0.29, 0.717) is 49.2 Å². The van der Waals surface area contributed by atoms with E-state index in [1.165, 1.54) is 51.2 Å². The summed E-state index contributed by atoms with van der Waals surface area (Å²) < 4.78 is 25.2. The van der Waals surface area contributed by atoms with E-state index < -0.39 is 12.6 Å². The van der Waals surface area contributed by atoms with Crippen molar-refractivity contribution >= 4 is 11.6 Å². The molecule has 54 heavy (non-hydrogen) atoms. The van der Waals surface area contributed by atoms with Crippen molar-refractivity contribution < 1.29 is 23.6 Å². The van der Waals surface area contributed by atoms with Crippen LogP contribution in [0.3, 0.4) is 0 Å². The molecule has 4 aromatic heterocycles. The van der Waals surface area contributed by atoms with Gasteiger partial charge in [0.05, 0.1) is 60.4 Å². The summed E-state index contributed by atoms with van der Waals surface area (Å²) >= 11 is 0. The summed E-state index contributed by atoms with van der Waals surface area (Å²) in [6, 6.07) is 4.90. The number of aromatic amines is 1. The lowest BCUT2D eigenvalue weighted by atomic mass is 9.96. The summed E-state index contributed by atoms with van der Waals surface area (Å²) in [6.07, 6.45) is 21.1. The third kappa shape index (κ3) is 9.75. The van der Waals surface area contributed by atoms with Crippen LogP contribution in [0.4, 0.5) is 11.6 Å². The molecule has 2 fully saturated rings. The number of rotatable bonds is 16. The van der Waals surface area contributed by atoms with Crippen molar-refractivity contribution in [1.29, 1.82) is 10.5 Å². The Kier molecular flexibility index (Phi) is 14.8. The van der Waals surface area contributed by atoms with E-state index in [2.05, 4.69) is 42.3 Å². The molecule has 4 heterocycles. The Morgan fingerprint density at radius 2 is 1.30 bits per heavy atom. The lowest BCUT2D eigenvalue weighted by Crippen LogP contribution is -2.44. The first-order chi connectivity index (χ1) is 26.3. The van der Waals surface area contributed by atoms with Crippen molar-refractivity contribution in [3.05, 3.63) is 48.6 Å². The van der Waals surface area contributed by atoms with Crippen LogP contribution in [0.2, 0.25) is 0 Å². The minimum absolute atomic E-state index is 0.0968. The van der Waals surface area contributed by atoms with Gasteiger partial charge in [0.1, 0.15) is 24.3 Å². The highest BCUT2D eigenvalue weighted by molar-refractivity contribution is 5.67. The maximum absolute atomic E-state index is 9.27. The number of nitriles is 2. The summed E-state index contributed by atoms with van der Waals surface area (Å²) in [5.74, 6) is 1.84. The Morgan fingerprint density at radius 3 is 1.81 bits per heavy atom. The molecule has 16 nitrogen and oxygen atoms in total. The number of hydrogen-bond donors (Lipinski definition) is 3. The molecule has 16 heteroatoms. The fourth-order valence-corrected chi connectivity index (χ4v) is 7.78. The van der Waals surface area contributed by atoms with E-state index in [-0.39, 0.29) is 12.1 Å². The Hall–Kier alpha value is -5.00. The van der Waals surface area contributed by atoms with Crippen LogP contribution in [0.5, 0.6) is 0 Å². The third-order valence-electron chi connectivity index (χ3n) is 10.7. The molecule has 4 aromatic rings. The van der Waals surface area contributed by atoms with E-state index in [9.17, 15) is 10.5 Å². The molecule has 6 rings (SSSR count). The molecule has 2 aliphatic rings. The van der Waals surface area contributed by atoms with E-state index in [1.807, 2.05) is 28.0 Å². The third-order valence-corrected chi connectivity index (χ3v) is 10.7. The van der Waals surface area contributed by atoms with Crippen LogP contribution in [0.1, 0.15) is 87.4 Å². The summed E-state index contributed by atoms with van der Waals surface area (Å²) in [5, 5.41) is 26.4. The largest absolute Gasteiger partial charge is 0.383 e. The molecule has 288 valence electrons. The van der Waals surface area contributed by atoms with E-state index in [0.717, 1.165) is 46.5 Å². The first kappa shape index (κ1) is 40.2. The number of ether oxygens (including phenoxy) is 4. The van der Waals surface area contributed by atoms with Gasteiger partial charge in [-0.05, 0) is 31.6 Å². The number of nitrogens with one attached hydrogen (secondary N) is 1. The van der Waals surface area contributed by atoms with Gasteiger partial charge in [-0.3, -0.25) is 4.68 Å². The predicted molar refractivity (Wildman–Crippen MR) is 200 cm³/mol.